The van der Waals surface area contributed by atoms with Gasteiger partial charge in [0, 0.05) is 25.7 Å². The number of rotatable bonds is 68. The minimum absolute atomic E-state index is 0.106. The van der Waals surface area contributed by atoms with Crippen molar-refractivity contribution in [2.24, 2.45) is 5.92 Å². The number of hydrogen-bond donors (Lipinski definition) is 3. The Labute approximate surface area is 530 Å². The Morgan fingerprint density at radius 2 is 0.529 bits per heavy atom. The summed E-state index contributed by atoms with van der Waals surface area (Å²) in [5.74, 6) is -1.35. The molecule has 19 heteroatoms. The first-order valence-electron chi connectivity index (χ1n) is 35.6. The number of esters is 4. The molecule has 0 amide bonds. The number of hydrogen-bond acceptors (Lipinski definition) is 15. The maximum Gasteiger partial charge on any atom is 0.472 e. The summed E-state index contributed by atoms with van der Waals surface area (Å²) in [7, 11) is -9.88. The molecule has 0 saturated carbocycles. The van der Waals surface area contributed by atoms with E-state index in [9.17, 15) is 43.2 Å². The molecule has 2 unspecified atom stereocenters. The van der Waals surface area contributed by atoms with Gasteiger partial charge in [-0.1, -0.05) is 298 Å². The van der Waals surface area contributed by atoms with Crippen molar-refractivity contribution in [1.82, 2.24) is 0 Å². The van der Waals surface area contributed by atoms with Crippen LogP contribution in [0.3, 0.4) is 0 Å². The van der Waals surface area contributed by atoms with Gasteiger partial charge in [-0.15, -0.1) is 0 Å². The Morgan fingerprint density at radius 1 is 0.310 bits per heavy atom. The molecule has 3 N–H and O–H groups in total. The number of ether oxygens (including phenoxy) is 4. The molecule has 0 fully saturated rings. The van der Waals surface area contributed by atoms with Crippen LogP contribution in [0.5, 0.6) is 0 Å². The summed E-state index contributed by atoms with van der Waals surface area (Å²) in [5.41, 5.74) is 0. The molecule has 5 atom stereocenters. The van der Waals surface area contributed by atoms with Crippen molar-refractivity contribution in [2.45, 2.75) is 368 Å². The number of aliphatic hydroxyl groups excluding tert-OH is 1. The smallest absolute Gasteiger partial charge is 0.462 e. The van der Waals surface area contributed by atoms with Gasteiger partial charge in [0.2, 0.25) is 0 Å². The molecule has 0 saturated heterocycles. The summed E-state index contributed by atoms with van der Waals surface area (Å²) < 4.78 is 68.0. The molecule has 0 rings (SSSR count). The average Bonchev–Trinajstić information content (AvgIpc) is 3.58. The van der Waals surface area contributed by atoms with E-state index in [1.807, 2.05) is 0 Å². The highest BCUT2D eigenvalue weighted by Crippen LogP contribution is 2.45. The standard InChI is InChI=1S/C68H132O17P2/c1-6-9-12-15-17-19-21-22-23-24-25-26-31-35-39-44-49-54-68(73)85-64(58-79-66(71)52-47-42-37-34-30-28-27-29-32-36-41-45-50-61(4)5)60-83-87(76,77)81-56-62(69)55-80-86(74,75)82-59-63(57-78-65(70)51-46-40-14-11-8-3)84-67(72)53-48-43-38-33-20-18-16-13-10-7-2/h61-64,69H,6-60H2,1-5H3,(H,74,75)(H,76,77)/t62-,63+,64+/m0/s1. The number of unbranched alkanes of at least 4 members (excludes halogenated alkanes) is 40. The van der Waals surface area contributed by atoms with Crippen LogP contribution in [-0.2, 0) is 65.4 Å². The zero-order chi connectivity index (χ0) is 64.2. The van der Waals surface area contributed by atoms with Crippen molar-refractivity contribution in [3.8, 4) is 0 Å². The van der Waals surface area contributed by atoms with Gasteiger partial charge in [-0.3, -0.25) is 37.3 Å². The molecule has 17 nitrogen and oxygen atoms in total. The lowest BCUT2D eigenvalue weighted by Crippen LogP contribution is -2.30. The number of carbonyl (C=O) groups is 4. The van der Waals surface area contributed by atoms with Gasteiger partial charge in [-0.2, -0.15) is 0 Å². The topological polar surface area (TPSA) is 237 Å². The number of phosphoric ester groups is 2. The van der Waals surface area contributed by atoms with E-state index in [-0.39, 0.29) is 25.7 Å². The molecule has 0 aliphatic heterocycles. The lowest BCUT2D eigenvalue weighted by molar-refractivity contribution is -0.161. The van der Waals surface area contributed by atoms with E-state index in [0.29, 0.717) is 25.7 Å². The lowest BCUT2D eigenvalue weighted by atomic mass is 10.0. The van der Waals surface area contributed by atoms with E-state index >= 15 is 0 Å². The van der Waals surface area contributed by atoms with Gasteiger partial charge in [0.25, 0.3) is 0 Å². The van der Waals surface area contributed by atoms with Crippen LogP contribution in [0.15, 0.2) is 0 Å². The molecule has 0 aromatic carbocycles. The van der Waals surface area contributed by atoms with Crippen LogP contribution >= 0.6 is 15.6 Å². The molecule has 516 valence electrons. The molecule has 0 bridgehead atoms. The maximum atomic E-state index is 13.0. The number of carbonyl (C=O) groups excluding carboxylic acids is 4. The van der Waals surface area contributed by atoms with Crippen LogP contribution in [0.2, 0.25) is 0 Å². The van der Waals surface area contributed by atoms with E-state index < -0.39 is 97.5 Å². The van der Waals surface area contributed by atoms with Crippen molar-refractivity contribution >= 4 is 39.5 Å². The largest absolute Gasteiger partial charge is 0.472 e. The zero-order valence-corrected chi connectivity index (χ0v) is 57.9. The van der Waals surface area contributed by atoms with Gasteiger partial charge in [0.15, 0.2) is 12.2 Å². The molecule has 0 heterocycles. The van der Waals surface area contributed by atoms with Gasteiger partial charge in [0.1, 0.15) is 19.3 Å². The third kappa shape index (κ3) is 62.6. The first kappa shape index (κ1) is 85.1. The van der Waals surface area contributed by atoms with Crippen LogP contribution in [0.25, 0.3) is 0 Å². The van der Waals surface area contributed by atoms with Crippen molar-refractivity contribution in [1.29, 1.82) is 0 Å². The maximum absolute atomic E-state index is 13.0. The van der Waals surface area contributed by atoms with Crippen LogP contribution in [0.4, 0.5) is 0 Å². The molecule has 0 aliphatic carbocycles. The summed E-state index contributed by atoms with van der Waals surface area (Å²) in [6.45, 7) is 7.15. The Morgan fingerprint density at radius 3 is 0.782 bits per heavy atom. The second kappa shape index (κ2) is 61.6. The predicted molar refractivity (Wildman–Crippen MR) is 349 cm³/mol. The summed E-state index contributed by atoms with van der Waals surface area (Å²) >= 11 is 0. The van der Waals surface area contributed by atoms with E-state index in [4.69, 9.17) is 37.0 Å². The number of aliphatic hydroxyl groups is 1. The fourth-order valence-corrected chi connectivity index (χ4v) is 11.9. The normalized spacial score (nSPS) is 14.1. The van der Waals surface area contributed by atoms with Crippen LogP contribution < -0.4 is 0 Å². The monoisotopic (exact) mass is 1280 g/mol. The quantitative estimate of drug-likeness (QED) is 0.0222. The highest BCUT2D eigenvalue weighted by molar-refractivity contribution is 7.47. The fraction of sp³-hybridized carbons (Fsp3) is 0.941. The second-order valence-corrected chi connectivity index (χ2v) is 27.9. The third-order valence-corrected chi connectivity index (χ3v) is 17.7. The first-order valence-corrected chi connectivity index (χ1v) is 38.6. The zero-order valence-electron chi connectivity index (χ0n) is 56.2. The minimum atomic E-state index is -4.95. The van der Waals surface area contributed by atoms with E-state index in [1.54, 1.807) is 0 Å². The third-order valence-electron chi connectivity index (χ3n) is 15.8. The molecule has 0 radical (unpaired) electrons. The first-order chi connectivity index (χ1) is 42.0. The fourth-order valence-electron chi connectivity index (χ4n) is 10.3. The van der Waals surface area contributed by atoms with Crippen molar-refractivity contribution in [2.75, 3.05) is 39.6 Å². The Kier molecular flexibility index (Phi) is 60.2. The molecule has 0 spiro atoms. The summed E-state index contributed by atoms with van der Waals surface area (Å²) in [6, 6.07) is 0. The average molecular weight is 1280 g/mol. The van der Waals surface area contributed by atoms with Gasteiger partial charge in [-0.25, -0.2) is 9.13 Å². The Balaban J connectivity index is 5.15. The van der Waals surface area contributed by atoms with Gasteiger partial charge in [-0.05, 0) is 31.6 Å². The van der Waals surface area contributed by atoms with Crippen molar-refractivity contribution in [3.63, 3.8) is 0 Å². The molecular formula is C68H132O17P2. The Bertz CT molecular complexity index is 1690. The van der Waals surface area contributed by atoms with Crippen LogP contribution in [0.1, 0.15) is 349 Å². The molecular weight excluding hydrogens is 1150 g/mol. The van der Waals surface area contributed by atoms with E-state index in [1.165, 1.54) is 167 Å². The molecule has 0 aliphatic rings. The van der Waals surface area contributed by atoms with Gasteiger partial charge >= 0.3 is 39.5 Å². The van der Waals surface area contributed by atoms with Crippen molar-refractivity contribution in [3.05, 3.63) is 0 Å². The van der Waals surface area contributed by atoms with Crippen molar-refractivity contribution < 1.29 is 80.2 Å². The SMILES string of the molecule is CCCCCCCCCCCCCCCCCCCC(=O)O[C@H](COC(=O)CCCCCCCCCCCCCCC(C)C)COP(=O)(O)OC[C@@H](O)COP(=O)(O)OC[C@@H](COC(=O)CCCCCCC)OC(=O)CCCCCCCCCCCC. The Hall–Kier alpha value is -1.94. The summed E-state index contributed by atoms with van der Waals surface area (Å²) in [4.78, 5) is 72.1. The van der Waals surface area contributed by atoms with Crippen LogP contribution in [-0.4, -0.2) is 96.7 Å². The van der Waals surface area contributed by atoms with Gasteiger partial charge in [0.05, 0.1) is 26.4 Å². The second-order valence-electron chi connectivity index (χ2n) is 25.0. The minimum Gasteiger partial charge on any atom is -0.462 e. The molecule has 0 aromatic rings. The molecule has 87 heavy (non-hydrogen) atoms. The highest BCUT2D eigenvalue weighted by atomic mass is 31.2. The predicted octanol–water partition coefficient (Wildman–Crippen LogP) is 19.4. The molecule has 0 aromatic heterocycles. The van der Waals surface area contributed by atoms with E-state index in [2.05, 4.69) is 34.6 Å². The summed E-state index contributed by atoms with van der Waals surface area (Å²) in [5, 5.41) is 10.5. The van der Waals surface area contributed by atoms with E-state index in [0.717, 1.165) is 102 Å². The highest BCUT2D eigenvalue weighted by Gasteiger charge is 2.30. The number of phosphoric acid groups is 2. The summed E-state index contributed by atoms with van der Waals surface area (Å²) in [6.07, 6.45) is 47.5. The van der Waals surface area contributed by atoms with Gasteiger partial charge < -0.3 is 33.8 Å². The lowest BCUT2D eigenvalue weighted by Gasteiger charge is -2.21. The van der Waals surface area contributed by atoms with Crippen LogP contribution in [0, 0.1) is 5.92 Å².